The maximum atomic E-state index is 13.1. The summed E-state index contributed by atoms with van der Waals surface area (Å²) >= 11 is 7.82. The average Bonchev–Trinajstić information content (AvgIpc) is 3.62. The molecule has 1 atom stereocenters. The molecule has 9 nitrogen and oxygen atoms in total. The van der Waals surface area contributed by atoms with Gasteiger partial charge >= 0.3 is 5.97 Å². The molecule has 7 rings (SSSR count). The van der Waals surface area contributed by atoms with Crippen LogP contribution in [0.4, 0.5) is 0 Å². The number of carbonyl (C=O) groups excluding carboxylic acids is 1. The third kappa shape index (κ3) is 6.24. The van der Waals surface area contributed by atoms with Gasteiger partial charge in [0.15, 0.2) is 6.10 Å². The van der Waals surface area contributed by atoms with E-state index in [1.807, 2.05) is 81.6 Å². The van der Waals surface area contributed by atoms with Gasteiger partial charge in [0, 0.05) is 53.2 Å². The number of amides is 1. The van der Waals surface area contributed by atoms with Crippen molar-refractivity contribution < 1.29 is 24.2 Å². The molecule has 2 aromatic heterocycles. The van der Waals surface area contributed by atoms with Gasteiger partial charge in [-0.1, -0.05) is 23.7 Å². The summed E-state index contributed by atoms with van der Waals surface area (Å²) in [6.07, 6.45) is 0.531. The number of nitrogens with zero attached hydrogens (tertiary/aromatic N) is 4. The van der Waals surface area contributed by atoms with E-state index in [1.165, 1.54) is 0 Å². The normalized spacial score (nSPS) is 17.4. The molecule has 4 heterocycles. The van der Waals surface area contributed by atoms with E-state index >= 15 is 0 Å². The summed E-state index contributed by atoms with van der Waals surface area (Å²) in [7, 11) is 1.97. The minimum Gasteiger partial charge on any atom is -0.479 e. The van der Waals surface area contributed by atoms with Gasteiger partial charge in [0.25, 0.3) is 0 Å². The van der Waals surface area contributed by atoms with Gasteiger partial charge in [-0.05, 0) is 95.0 Å². The highest BCUT2D eigenvalue weighted by Gasteiger charge is 2.44. The minimum atomic E-state index is -1.18. The molecule has 5 aromatic rings. The standard InChI is InChI=1S/C38H41ClN4O5S/c1-21-17-27-33(30(22-7-10-25(39)11-8-22)29(21)32(35(44)45)48-37(2,3)4)49-34(40-27)24-9-12-28-26(18-24)31(41-42(28)6)23-13-15-43(16-14-23)36(46)38(5)19-47-20-38/h7-12,17-18,23,32H,13-16,19-20H2,1-6H3,(H,44,45)/t32-/m0/s1. The van der Waals surface area contributed by atoms with Crippen molar-refractivity contribution in [3.63, 3.8) is 0 Å². The molecule has 1 amide bonds. The Kier molecular flexibility index (Phi) is 8.58. The molecule has 3 aromatic carbocycles. The van der Waals surface area contributed by atoms with E-state index in [4.69, 9.17) is 31.2 Å². The smallest absolute Gasteiger partial charge is 0.337 e. The van der Waals surface area contributed by atoms with Crippen LogP contribution in [0.1, 0.15) is 69.4 Å². The number of carbonyl (C=O) groups is 2. The number of halogens is 1. The summed E-state index contributed by atoms with van der Waals surface area (Å²) in [6.45, 7) is 11.9. The summed E-state index contributed by atoms with van der Waals surface area (Å²) in [5, 5.41) is 17.9. The number of aryl methyl sites for hydroxylation is 2. The fourth-order valence-corrected chi connectivity index (χ4v) is 8.41. The summed E-state index contributed by atoms with van der Waals surface area (Å²) in [5.74, 6) is -0.619. The number of ether oxygens (including phenoxy) is 2. The van der Waals surface area contributed by atoms with Crippen molar-refractivity contribution in [3.8, 4) is 21.7 Å². The number of likely N-dealkylation sites (tertiary alicyclic amines) is 1. The summed E-state index contributed by atoms with van der Waals surface area (Å²) in [5.41, 5.74) is 5.82. The Labute approximate surface area is 294 Å². The molecule has 2 saturated heterocycles. The lowest BCUT2D eigenvalue weighted by molar-refractivity contribution is -0.169. The summed E-state index contributed by atoms with van der Waals surface area (Å²) < 4.78 is 14.3. The monoisotopic (exact) mass is 700 g/mol. The first-order valence-corrected chi connectivity index (χ1v) is 17.9. The Balaban J connectivity index is 1.29. The summed E-state index contributed by atoms with van der Waals surface area (Å²) in [6, 6.07) is 15.8. The van der Waals surface area contributed by atoms with Crippen molar-refractivity contribution >= 4 is 55.9 Å². The highest BCUT2D eigenvalue weighted by molar-refractivity contribution is 7.22. The molecule has 2 fully saturated rings. The maximum absolute atomic E-state index is 13.1. The van der Waals surface area contributed by atoms with Gasteiger partial charge in [-0.15, -0.1) is 11.3 Å². The average molecular weight is 701 g/mol. The van der Waals surface area contributed by atoms with E-state index in [1.54, 1.807) is 11.3 Å². The van der Waals surface area contributed by atoms with Crippen molar-refractivity contribution in [2.24, 2.45) is 12.5 Å². The Hall–Kier alpha value is -3.83. The number of aromatic nitrogens is 3. The first kappa shape index (κ1) is 33.7. The van der Waals surface area contributed by atoms with Crippen LogP contribution in [0.15, 0.2) is 48.5 Å². The van der Waals surface area contributed by atoms with Crippen molar-refractivity contribution in [1.29, 1.82) is 0 Å². The number of carboxylic acids is 1. The third-order valence-electron chi connectivity index (χ3n) is 9.67. The molecule has 2 aliphatic heterocycles. The maximum Gasteiger partial charge on any atom is 0.337 e. The molecule has 0 unspecified atom stereocenters. The highest BCUT2D eigenvalue weighted by Crippen LogP contribution is 2.45. The van der Waals surface area contributed by atoms with Crippen LogP contribution in [0.5, 0.6) is 0 Å². The van der Waals surface area contributed by atoms with E-state index in [0.717, 1.165) is 66.9 Å². The van der Waals surface area contributed by atoms with Crippen LogP contribution >= 0.6 is 22.9 Å². The molecule has 0 aliphatic carbocycles. The van der Waals surface area contributed by atoms with Crippen molar-refractivity contribution in [2.75, 3.05) is 26.3 Å². The second-order valence-corrected chi connectivity index (χ2v) is 16.1. The highest BCUT2D eigenvalue weighted by atomic mass is 35.5. The Morgan fingerprint density at radius 3 is 2.37 bits per heavy atom. The Bertz CT molecular complexity index is 2090. The second kappa shape index (κ2) is 12.5. The molecule has 0 saturated carbocycles. The number of fused-ring (bicyclic) bond motifs is 2. The Morgan fingerprint density at radius 2 is 1.76 bits per heavy atom. The lowest BCUT2D eigenvalue weighted by Gasteiger charge is -2.42. The number of aliphatic carboxylic acids is 1. The zero-order valence-corrected chi connectivity index (χ0v) is 30.2. The largest absolute Gasteiger partial charge is 0.479 e. The van der Waals surface area contributed by atoms with E-state index in [-0.39, 0.29) is 11.8 Å². The van der Waals surface area contributed by atoms with Crippen LogP contribution in [0, 0.1) is 12.3 Å². The number of piperidine rings is 1. The van der Waals surface area contributed by atoms with E-state index < -0.39 is 23.1 Å². The van der Waals surface area contributed by atoms with Gasteiger partial charge in [-0.3, -0.25) is 9.48 Å². The number of rotatable bonds is 7. The lowest BCUT2D eigenvalue weighted by atomic mass is 9.85. The van der Waals surface area contributed by atoms with Crippen LogP contribution < -0.4 is 0 Å². The molecule has 2 aliphatic rings. The molecular weight excluding hydrogens is 660 g/mol. The molecule has 256 valence electrons. The molecule has 0 spiro atoms. The number of hydrogen-bond acceptors (Lipinski definition) is 7. The Morgan fingerprint density at radius 1 is 1.08 bits per heavy atom. The van der Waals surface area contributed by atoms with E-state index in [0.29, 0.717) is 36.9 Å². The second-order valence-electron chi connectivity index (χ2n) is 14.7. The van der Waals surface area contributed by atoms with Gasteiger partial charge in [0.2, 0.25) is 5.91 Å². The number of carboxylic acid groups (broad SMARTS) is 1. The van der Waals surface area contributed by atoms with Crippen molar-refractivity contribution in [1.82, 2.24) is 19.7 Å². The third-order valence-corrected chi connectivity index (χ3v) is 11.1. The fourth-order valence-electron chi connectivity index (χ4n) is 7.16. The quantitative estimate of drug-likeness (QED) is 0.183. The molecule has 0 radical (unpaired) electrons. The SMILES string of the molecule is Cc1cc2nc(-c3ccc4c(c3)c(C3CCN(C(=O)C5(C)COC5)CC3)nn4C)sc2c(-c2ccc(Cl)cc2)c1[C@H](OC(C)(C)C)C(=O)O. The number of hydrogen-bond donors (Lipinski definition) is 1. The first-order chi connectivity index (χ1) is 23.2. The van der Waals surface area contributed by atoms with Gasteiger partial charge in [0.1, 0.15) is 5.01 Å². The van der Waals surface area contributed by atoms with E-state index in [9.17, 15) is 14.7 Å². The number of benzene rings is 3. The van der Waals surface area contributed by atoms with Crippen molar-refractivity contribution in [3.05, 3.63) is 70.4 Å². The predicted octanol–water partition coefficient (Wildman–Crippen LogP) is 8.16. The fraction of sp³-hybridized carbons (Fsp3) is 0.421. The summed E-state index contributed by atoms with van der Waals surface area (Å²) in [4.78, 5) is 33.0. The zero-order chi connectivity index (χ0) is 34.8. The zero-order valence-electron chi connectivity index (χ0n) is 28.7. The van der Waals surface area contributed by atoms with Gasteiger partial charge < -0.3 is 19.5 Å². The molecule has 1 N–H and O–H groups in total. The molecule has 49 heavy (non-hydrogen) atoms. The van der Waals surface area contributed by atoms with Crippen LogP contribution in [0.3, 0.4) is 0 Å². The van der Waals surface area contributed by atoms with Crippen LogP contribution in [-0.2, 0) is 26.1 Å². The topological polar surface area (TPSA) is 107 Å². The van der Waals surface area contributed by atoms with Crippen molar-refractivity contribution in [2.45, 2.75) is 65.1 Å². The van der Waals surface area contributed by atoms with Gasteiger partial charge in [-0.2, -0.15) is 5.10 Å². The van der Waals surface area contributed by atoms with E-state index in [2.05, 4.69) is 18.2 Å². The lowest BCUT2D eigenvalue weighted by Crippen LogP contribution is -2.54. The minimum absolute atomic E-state index is 0.192. The van der Waals surface area contributed by atoms with Gasteiger partial charge in [-0.25, -0.2) is 9.78 Å². The molecule has 11 heteroatoms. The van der Waals surface area contributed by atoms with Crippen LogP contribution in [0.25, 0.3) is 42.8 Å². The predicted molar refractivity (Wildman–Crippen MR) is 193 cm³/mol. The molecular formula is C38H41ClN4O5S. The molecule has 0 bridgehead atoms. The van der Waals surface area contributed by atoms with Gasteiger partial charge in [0.05, 0.1) is 45.7 Å². The van der Waals surface area contributed by atoms with Crippen LogP contribution in [-0.4, -0.2) is 68.6 Å². The number of thiazole rings is 1. The van der Waals surface area contributed by atoms with Crippen LogP contribution in [0.2, 0.25) is 5.02 Å². The first-order valence-electron chi connectivity index (χ1n) is 16.7.